The van der Waals surface area contributed by atoms with Gasteiger partial charge in [-0.1, -0.05) is 18.2 Å². The van der Waals surface area contributed by atoms with Crippen LogP contribution in [0.25, 0.3) is 0 Å². The van der Waals surface area contributed by atoms with Crippen molar-refractivity contribution >= 4 is 15.9 Å². The van der Waals surface area contributed by atoms with E-state index in [1.807, 2.05) is 30.3 Å². The van der Waals surface area contributed by atoms with E-state index in [0.717, 1.165) is 21.3 Å². The molecule has 4 heteroatoms. The Kier molecular flexibility index (Phi) is 5.37. The molecule has 0 aliphatic heterocycles. The van der Waals surface area contributed by atoms with Gasteiger partial charge >= 0.3 is 0 Å². The average molecular weight is 352 g/mol. The first-order chi connectivity index (χ1) is 10.0. The number of ether oxygens (including phenoxy) is 1. The first-order valence-corrected chi connectivity index (χ1v) is 7.65. The number of hydrogen-bond donors (Lipinski definition) is 1. The number of benzene rings is 2. The van der Waals surface area contributed by atoms with Gasteiger partial charge in [-0.25, -0.2) is 4.39 Å². The molecule has 1 unspecified atom stereocenters. The van der Waals surface area contributed by atoms with Gasteiger partial charge in [-0.05, 0) is 65.2 Å². The minimum absolute atomic E-state index is 0.140. The lowest BCUT2D eigenvalue weighted by Gasteiger charge is -2.21. The predicted octanol–water partition coefficient (Wildman–Crippen LogP) is 5.01. The molecule has 0 aromatic heterocycles. The molecule has 0 amide bonds. The second kappa shape index (κ2) is 7.05. The third kappa shape index (κ3) is 4.05. The number of hydrogen-bond acceptors (Lipinski definition) is 2. The molecule has 2 rings (SSSR count). The largest absolute Gasteiger partial charge is 0.496 e. The third-order valence-corrected chi connectivity index (χ3v) is 4.17. The molecule has 2 atom stereocenters. The van der Waals surface area contributed by atoms with Crippen LogP contribution in [0.4, 0.5) is 4.39 Å². The summed E-state index contributed by atoms with van der Waals surface area (Å²) in [5.74, 6) is 0.607. The van der Waals surface area contributed by atoms with Crippen LogP contribution in [0, 0.1) is 5.82 Å². The van der Waals surface area contributed by atoms with Crippen molar-refractivity contribution in [2.45, 2.75) is 25.9 Å². The lowest BCUT2D eigenvalue weighted by atomic mass is 10.0. The zero-order valence-electron chi connectivity index (χ0n) is 12.4. The summed E-state index contributed by atoms with van der Waals surface area (Å²) in [6.07, 6.45) is 0. The van der Waals surface area contributed by atoms with Gasteiger partial charge in [-0.15, -0.1) is 0 Å². The van der Waals surface area contributed by atoms with Crippen LogP contribution >= 0.6 is 15.9 Å². The minimum Gasteiger partial charge on any atom is -0.496 e. The summed E-state index contributed by atoms with van der Waals surface area (Å²) < 4.78 is 19.1. The summed E-state index contributed by atoms with van der Waals surface area (Å²) >= 11 is 3.50. The number of halogens is 2. The fourth-order valence-corrected chi connectivity index (χ4v) is 2.83. The van der Waals surface area contributed by atoms with E-state index in [2.05, 4.69) is 35.1 Å². The molecule has 2 aromatic rings. The predicted molar refractivity (Wildman–Crippen MR) is 87.1 cm³/mol. The molecular formula is C17H19BrFNO. The summed E-state index contributed by atoms with van der Waals surface area (Å²) in [5.41, 5.74) is 2.23. The Bertz CT molecular complexity index is 600. The Morgan fingerprint density at radius 2 is 1.57 bits per heavy atom. The van der Waals surface area contributed by atoms with Crippen LogP contribution < -0.4 is 10.1 Å². The van der Waals surface area contributed by atoms with Gasteiger partial charge in [0.25, 0.3) is 0 Å². The van der Waals surface area contributed by atoms with E-state index in [4.69, 9.17) is 4.74 Å². The van der Waals surface area contributed by atoms with E-state index in [9.17, 15) is 4.39 Å². The molecule has 2 aromatic carbocycles. The van der Waals surface area contributed by atoms with Crippen molar-refractivity contribution in [3.63, 3.8) is 0 Å². The van der Waals surface area contributed by atoms with Crippen LogP contribution in [0.5, 0.6) is 5.75 Å². The molecule has 0 saturated heterocycles. The SMILES string of the molecule is COc1ccc(C(C)N[C@@H](C)c2ccc(F)cc2)cc1Br. The maximum Gasteiger partial charge on any atom is 0.133 e. The fourth-order valence-electron chi connectivity index (χ4n) is 2.27. The van der Waals surface area contributed by atoms with Crippen LogP contribution in [0.15, 0.2) is 46.9 Å². The zero-order valence-corrected chi connectivity index (χ0v) is 13.9. The molecule has 0 aliphatic rings. The highest BCUT2D eigenvalue weighted by atomic mass is 79.9. The number of rotatable bonds is 5. The highest BCUT2D eigenvalue weighted by Crippen LogP contribution is 2.29. The Morgan fingerprint density at radius 1 is 1.00 bits per heavy atom. The van der Waals surface area contributed by atoms with E-state index in [0.29, 0.717) is 0 Å². The normalized spacial score (nSPS) is 13.8. The van der Waals surface area contributed by atoms with Crippen LogP contribution in [0.3, 0.4) is 0 Å². The summed E-state index contributed by atoms with van der Waals surface area (Å²) in [6, 6.07) is 12.9. The lowest BCUT2D eigenvalue weighted by Crippen LogP contribution is -2.22. The van der Waals surface area contributed by atoms with E-state index in [-0.39, 0.29) is 17.9 Å². The molecule has 0 radical (unpaired) electrons. The quantitative estimate of drug-likeness (QED) is 0.817. The van der Waals surface area contributed by atoms with Gasteiger partial charge in [0, 0.05) is 12.1 Å². The molecule has 0 spiro atoms. The van der Waals surface area contributed by atoms with Gasteiger partial charge in [0.15, 0.2) is 0 Å². The molecular weight excluding hydrogens is 333 g/mol. The first kappa shape index (κ1) is 16.0. The summed E-state index contributed by atoms with van der Waals surface area (Å²) in [4.78, 5) is 0. The van der Waals surface area contributed by atoms with Gasteiger partial charge in [0.05, 0.1) is 11.6 Å². The van der Waals surface area contributed by atoms with Crippen LogP contribution in [-0.2, 0) is 0 Å². The fraction of sp³-hybridized carbons (Fsp3) is 0.294. The van der Waals surface area contributed by atoms with Crippen LogP contribution in [0.2, 0.25) is 0 Å². The van der Waals surface area contributed by atoms with Gasteiger partial charge in [-0.2, -0.15) is 0 Å². The molecule has 0 fully saturated rings. The molecule has 112 valence electrons. The Labute approximate surface area is 133 Å². The van der Waals surface area contributed by atoms with Crippen molar-refractivity contribution in [3.05, 3.63) is 63.9 Å². The highest BCUT2D eigenvalue weighted by molar-refractivity contribution is 9.10. The van der Waals surface area contributed by atoms with Gasteiger partial charge in [-0.3, -0.25) is 0 Å². The standard InChI is InChI=1S/C17H19BrFNO/c1-11(13-4-7-15(19)8-5-13)20-12(2)14-6-9-17(21-3)16(18)10-14/h4-12,20H,1-3H3/t11-,12?/m0/s1. The van der Waals surface area contributed by atoms with Gasteiger partial charge in [0.2, 0.25) is 0 Å². The van der Waals surface area contributed by atoms with Crippen molar-refractivity contribution in [2.24, 2.45) is 0 Å². The molecule has 0 aliphatic carbocycles. The molecule has 0 bridgehead atoms. The number of nitrogens with one attached hydrogen (secondary N) is 1. The van der Waals surface area contributed by atoms with E-state index in [1.54, 1.807) is 7.11 Å². The third-order valence-electron chi connectivity index (χ3n) is 3.55. The van der Waals surface area contributed by atoms with Crippen molar-refractivity contribution in [1.29, 1.82) is 0 Å². The minimum atomic E-state index is -0.210. The smallest absolute Gasteiger partial charge is 0.133 e. The molecule has 0 saturated carbocycles. The Morgan fingerprint density at radius 3 is 2.14 bits per heavy atom. The second-order valence-corrected chi connectivity index (χ2v) is 5.91. The second-order valence-electron chi connectivity index (χ2n) is 5.06. The zero-order chi connectivity index (χ0) is 15.4. The van der Waals surface area contributed by atoms with Crippen molar-refractivity contribution in [1.82, 2.24) is 5.32 Å². The topological polar surface area (TPSA) is 21.3 Å². The first-order valence-electron chi connectivity index (χ1n) is 6.86. The molecule has 0 heterocycles. The maximum absolute atomic E-state index is 13.0. The monoisotopic (exact) mass is 351 g/mol. The van der Waals surface area contributed by atoms with Crippen LogP contribution in [-0.4, -0.2) is 7.11 Å². The highest BCUT2D eigenvalue weighted by Gasteiger charge is 2.12. The van der Waals surface area contributed by atoms with E-state index < -0.39 is 0 Å². The molecule has 1 N–H and O–H groups in total. The van der Waals surface area contributed by atoms with Gasteiger partial charge in [0.1, 0.15) is 11.6 Å². The van der Waals surface area contributed by atoms with Crippen molar-refractivity contribution in [3.8, 4) is 5.75 Å². The molecule has 2 nitrogen and oxygen atoms in total. The van der Waals surface area contributed by atoms with Gasteiger partial charge < -0.3 is 10.1 Å². The summed E-state index contributed by atoms with van der Waals surface area (Å²) in [5, 5.41) is 3.51. The van der Waals surface area contributed by atoms with E-state index in [1.165, 1.54) is 12.1 Å². The van der Waals surface area contributed by atoms with Crippen molar-refractivity contribution < 1.29 is 9.13 Å². The Hall–Kier alpha value is -1.39. The summed E-state index contributed by atoms with van der Waals surface area (Å²) in [7, 11) is 1.65. The average Bonchev–Trinajstić information content (AvgIpc) is 2.47. The van der Waals surface area contributed by atoms with Crippen molar-refractivity contribution in [2.75, 3.05) is 7.11 Å². The number of methoxy groups -OCH3 is 1. The van der Waals surface area contributed by atoms with Crippen LogP contribution in [0.1, 0.15) is 37.1 Å². The van der Waals surface area contributed by atoms with E-state index >= 15 is 0 Å². The Balaban J connectivity index is 2.08. The molecule has 21 heavy (non-hydrogen) atoms. The summed E-state index contributed by atoms with van der Waals surface area (Å²) in [6.45, 7) is 4.18. The lowest BCUT2D eigenvalue weighted by molar-refractivity contribution is 0.411. The maximum atomic E-state index is 13.0.